The smallest absolute Gasteiger partial charge is 0.221 e. The van der Waals surface area contributed by atoms with Gasteiger partial charge in [0.2, 0.25) is 5.91 Å². The maximum absolute atomic E-state index is 11.7. The molecule has 1 aliphatic heterocycles. The van der Waals surface area contributed by atoms with E-state index in [2.05, 4.69) is 42.5 Å². The standard InChI is InChI=1S/C21H19BrN4O2S2/c1-12(27)24-15-11-13(6-7-16(15)28-2)26-20(17-8-9-18(22)30-17)19(25-21(26)29)14-5-3-4-10-23-14/h3-11,19-20H,1-2H3,(H,24,27)(H,25,29)/t19-,20-/m0/s1. The van der Waals surface area contributed by atoms with Gasteiger partial charge in [-0.25, -0.2) is 0 Å². The topological polar surface area (TPSA) is 66.5 Å². The van der Waals surface area contributed by atoms with Crippen molar-refractivity contribution in [3.05, 3.63) is 69.1 Å². The van der Waals surface area contributed by atoms with Crippen LogP contribution in [0.2, 0.25) is 0 Å². The van der Waals surface area contributed by atoms with Crippen LogP contribution in [-0.4, -0.2) is 23.1 Å². The number of benzene rings is 1. The Morgan fingerprint density at radius 3 is 2.77 bits per heavy atom. The van der Waals surface area contributed by atoms with Crippen molar-refractivity contribution in [3.63, 3.8) is 0 Å². The van der Waals surface area contributed by atoms with Gasteiger partial charge in [-0.15, -0.1) is 11.3 Å². The van der Waals surface area contributed by atoms with Crippen molar-refractivity contribution >= 4 is 61.9 Å². The first-order valence-corrected chi connectivity index (χ1v) is 11.2. The molecule has 154 valence electrons. The third-order valence-electron chi connectivity index (χ3n) is 4.76. The summed E-state index contributed by atoms with van der Waals surface area (Å²) in [6, 6.07) is 15.4. The molecule has 1 fully saturated rings. The highest BCUT2D eigenvalue weighted by Crippen LogP contribution is 2.45. The lowest BCUT2D eigenvalue weighted by Crippen LogP contribution is -2.29. The van der Waals surface area contributed by atoms with Crippen molar-refractivity contribution in [2.75, 3.05) is 17.3 Å². The van der Waals surface area contributed by atoms with Gasteiger partial charge in [-0.2, -0.15) is 0 Å². The summed E-state index contributed by atoms with van der Waals surface area (Å²) in [7, 11) is 1.57. The van der Waals surface area contributed by atoms with Crippen LogP contribution in [0.3, 0.4) is 0 Å². The number of hydrogen-bond donors (Lipinski definition) is 2. The van der Waals surface area contributed by atoms with E-state index in [-0.39, 0.29) is 18.0 Å². The second kappa shape index (κ2) is 8.71. The molecule has 3 aromatic rings. The van der Waals surface area contributed by atoms with Crippen molar-refractivity contribution in [3.8, 4) is 5.75 Å². The average Bonchev–Trinajstić information content (AvgIpc) is 3.31. The van der Waals surface area contributed by atoms with Crippen LogP contribution in [-0.2, 0) is 4.79 Å². The average molecular weight is 503 g/mol. The Kier molecular flexibility index (Phi) is 6.03. The number of rotatable bonds is 5. The summed E-state index contributed by atoms with van der Waals surface area (Å²) in [5.41, 5.74) is 2.36. The molecule has 1 saturated heterocycles. The first-order chi connectivity index (χ1) is 14.5. The summed E-state index contributed by atoms with van der Waals surface area (Å²) in [5, 5.41) is 6.86. The second-order valence-corrected chi connectivity index (χ2v) is 9.59. The highest BCUT2D eigenvalue weighted by atomic mass is 79.9. The van der Waals surface area contributed by atoms with E-state index >= 15 is 0 Å². The largest absolute Gasteiger partial charge is 0.495 e. The minimum absolute atomic E-state index is 0.0951. The van der Waals surface area contributed by atoms with Crippen LogP contribution in [0.15, 0.2) is 58.5 Å². The monoisotopic (exact) mass is 502 g/mol. The highest BCUT2D eigenvalue weighted by Gasteiger charge is 2.41. The van der Waals surface area contributed by atoms with E-state index in [1.54, 1.807) is 24.6 Å². The number of thiocarbonyl (C=S) groups is 1. The van der Waals surface area contributed by atoms with Crippen molar-refractivity contribution in [2.24, 2.45) is 0 Å². The Morgan fingerprint density at radius 2 is 2.13 bits per heavy atom. The molecule has 0 bridgehead atoms. The second-order valence-electron chi connectivity index (χ2n) is 6.70. The number of methoxy groups -OCH3 is 1. The summed E-state index contributed by atoms with van der Waals surface area (Å²) in [6.45, 7) is 1.47. The first-order valence-electron chi connectivity index (χ1n) is 9.19. The fourth-order valence-electron chi connectivity index (χ4n) is 3.54. The molecule has 1 aromatic carbocycles. The molecule has 0 saturated carbocycles. The fraction of sp³-hybridized carbons (Fsp3) is 0.190. The van der Waals surface area contributed by atoms with E-state index < -0.39 is 0 Å². The van der Waals surface area contributed by atoms with E-state index in [4.69, 9.17) is 17.0 Å². The Hall–Kier alpha value is -2.49. The number of nitrogens with one attached hydrogen (secondary N) is 2. The van der Waals surface area contributed by atoms with Crippen molar-refractivity contribution in [2.45, 2.75) is 19.0 Å². The molecule has 4 rings (SSSR count). The van der Waals surface area contributed by atoms with Gasteiger partial charge in [0.25, 0.3) is 0 Å². The van der Waals surface area contributed by atoms with Gasteiger partial charge in [0.15, 0.2) is 5.11 Å². The van der Waals surface area contributed by atoms with Gasteiger partial charge in [0, 0.05) is 23.7 Å². The van der Waals surface area contributed by atoms with E-state index in [0.29, 0.717) is 16.5 Å². The van der Waals surface area contributed by atoms with Gasteiger partial charge in [0.05, 0.1) is 34.4 Å². The molecule has 0 radical (unpaired) electrons. The number of amides is 1. The summed E-state index contributed by atoms with van der Waals surface area (Å²) in [6.07, 6.45) is 1.78. The number of anilines is 2. The SMILES string of the molecule is COc1ccc(N2C(=S)N[C@@H](c3ccccn3)[C@@H]2c2ccc(Br)s2)cc1NC(C)=O. The van der Waals surface area contributed by atoms with Crippen LogP contribution < -0.4 is 20.3 Å². The van der Waals surface area contributed by atoms with Crippen molar-refractivity contribution in [1.29, 1.82) is 0 Å². The predicted molar refractivity (Wildman–Crippen MR) is 127 cm³/mol. The van der Waals surface area contributed by atoms with Crippen LogP contribution in [0.1, 0.15) is 29.6 Å². The number of pyridine rings is 1. The zero-order valence-corrected chi connectivity index (χ0v) is 19.5. The summed E-state index contributed by atoms with van der Waals surface area (Å²) < 4.78 is 6.45. The van der Waals surface area contributed by atoms with Crippen LogP contribution in [0, 0.1) is 0 Å². The molecule has 30 heavy (non-hydrogen) atoms. The minimum atomic E-state index is -0.169. The maximum Gasteiger partial charge on any atom is 0.221 e. The number of aromatic nitrogens is 1. The van der Waals surface area contributed by atoms with Crippen LogP contribution in [0.5, 0.6) is 5.75 Å². The molecule has 2 atom stereocenters. The lowest BCUT2D eigenvalue weighted by atomic mass is 10.0. The third kappa shape index (κ3) is 4.05. The van der Waals surface area contributed by atoms with Gasteiger partial charge in [0.1, 0.15) is 5.75 Å². The van der Waals surface area contributed by atoms with Crippen LogP contribution in [0.4, 0.5) is 11.4 Å². The van der Waals surface area contributed by atoms with E-state index in [1.165, 1.54) is 6.92 Å². The van der Waals surface area contributed by atoms with Crippen molar-refractivity contribution in [1.82, 2.24) is 10.3 Å². The van der Waals surface area contributed by atoms with Crippen LogP contribution >= 0.6 is 39.5 Å². The molecule has 1 aliphatic rings. The predicted octanol–water partition coefficient (Wildman–Crippen LogP) is 5.05. The zero-order chi connectivity index (χ0) is 21.3. The van der Waals surface area contributed by atoms with E-state index in [1.807, 2.05) is 42.5 Å². The Labute approximate surface area is 192 Å². The molecule has 0 aliphatic carbocycles. The number of nitrogens with zero attached hydrogens (tertiary/aromatic N) is 2. The molecular formula is C21H19BrN4O2S2. The van der Waals surface area contributed by atoms with Crippen molar-refractivity contribution < 1.29 is 9.53 Å². The Morgan fingerprint density at radius 1 is 1.30 bits per heavy atom. The quantitative estimate of drug-likeness (QED) is 0.475. The molecule has 9 heteroatoms. The number of carbonyl (C=O) groups is 1. The molecule has 0 spiro atoms. The molecule has 3 heterocycles. The van der Waals surface area contributed by atoms with Gasteiger partial charge < -0.3 is 20.3 Å². The summed E-state index contributed by atoms with van der Waals surface area (Å²) >= 11 is 11.0. The molecule has 2 N–H and O–H groups in total. The minimum Gasteiger partial charge on any atom is -0.495 e. The number of carbonyl (C=O) groups excluding carboxylic acids is 1. The number of ether oxygens (including phenoxy) is 1. The number of thiophene rings is 1. The van der Waals surface area contributed by atoms with Gasteiger partial charge in [-0.05, 0) is 70.6 Å². The molecular weight excluding hydrogens is 484 g/mol. The lowest BCUT2D eigenvalue weighted by molar-refractivity contribution is -0.114. The molecule has 2 aromatic heterocycles. The number of halogens is 1. The fourth-order valence-corrected chi connectivity index (χ4v) is 5.44. The van der Waals surface area contributed by atoms with Gasteiger partial charge in [-0.1, -0.05) is 6.07 Å². The van der Waals surface area contributed by atoms with Gasteiger partial charge >= 0.3 is 0 Å². The first kappa shape index (κ1) is 20.8. The Balaban J connectivity index is 1.81. The molecule has 6 nitrogen and oxygen atoms in total. The van der Waals surface area contributed by atoms with E-state index in [9.17, 15) is 4.79 Å². The summed E-state index contributed by atoms with van der Waals surface area (Å²) in [4.78, 5) is 19.4. The third-order valence-corrected chi connectivity index (χ3v) is 6.76. The Bertz CT molecular complexity index is 1090. The zero-order valence-electron chi connectivity index (χ0n) is 16.3. The van der Waals surface area contributed by atoms with E-state index in [0.717, 1.165) is 20.0 Å². The van der Waals surface area contributed by atoms with Gasteiger partial charge in [-0.3, -0.25) is 9.78 Å². The lowest BCUT2D eigenvalue weighted by Gasteiger charge is -2.27. The maximum atomic E-state index is 11.7. The number of hydrogen-bond acceptors (Lipinski definition) is 5. The normalized spacial score (nSPS) is 18.2. The van der Waals surface area contributed by atoms with Crippen LogP contribution in [0.25, 0.3) is 0 Å². The summed E-state index contributed by atoms with van der Waals surface area (Å²) in [5.74, 6) is 0.418. The highest BCUT2D eigenvalue weighted by molar-refractivity contribution is 9.11. The molecule has 0 unspecified atom stereocenters. The molecule has 1 amide bonds.